The molecule has 2 rings (SSSR count). The van der Waals surface area contributed by atoms with Crippen LogP contribution in [0.5, 0.6) is 0 Å². The summed E-state index contributed by atoms with van der Waals surface area (Å²) in [6.45, 7) is 5.13. The van der Waals surface area contributed by atoms with Crippen molar-refractivity contribution < 1.29 is 4.74 Å². The maximum atomic E-state index is 5.13. The van der Waals surface area contributed by atoms with Crippen LogP contribution in [0.15, 0.2) is 24.3 Å². The minimum atomic E-state index is 0.345. The van der Waals surface area contributed by atoms with Gasteiger partial charge in [-0.05, 0) is 36.8 Å². The van der Waals surface area contributed by atoms with Gasteiger partial charge < -0.3 is 10.1 Å². The molecule has 106 valence electrons. The van der Waals surface area contributed by atoms with Gasteiger partial charge in [-0.2, -0.15) is 0 Å². The van der Waals surface area contributed by atoms with Crippen molar-refractivity contribution in [3.05, 3.63) is 35.4 Å². The van der Waals surface area contributed by atoms with Crippen molar-refractivity contribution in [1.82, 2.24) is 5.32 Å². The number of fused-ring (bicyclic) bond motifs is 1. The van der Waals surface area contributed by atoms with E-state index in [9.17, 15) is 0 Å². The van der Waals surface area contributed by atoms with Gasteiger partial charge in [0.2, 0.25) is 0 Å². The van der Waals surface area contributed by atoms with Crippen molar-refractivity contribution in [3.8, 4) is 0 Å². The second kappa shape index (κ2) is 7.06. The third kappa shape index (κ3) is 3.37. The van der Waals surface area contributed by atoms with Crippen molar-refractivity contribution in [2.45, 2.75) is 44.4 Å². The summed E-state index contributed by atoms with van der Waals surface area (Å²) in [5, 5.41) is 3.60. The molecule has 0 bridgehead atoms. The fraction of sp³-hybridized carbons (Fsp3) is 0.647. The number of aryl methyl sites for hydroxylation is 1. The predicted molar refractivity (Wildman–Crippen MR) is 80.7 cm³/mol. The van der Waals surface area contributed by atoms with Gasteiger partial charge in [-0.1, -0.05) is 37.6 Å². The molecule has 1 aliphatic carbocycles. The van der Waals surface area contributed by atoms with Crippen LogP contribution in [0.25, 0.3) is 0 Å². The van der Waals surface area contributed by atoms with E-state index in [2.05, 4.69) is 36.5 Å². The Kier molecular flexibility index (Phi) is 5.41. The quantitative estimate of drug-likeness (QED) is 0.760. The molecule has 0 aromatic heterocycles. The molecule has 0 heterocycles. The van der Waals surface area contributed by atoms with E-state index in [4.69, 9.17) is 4.74 Å². The van der Waals surface area contributed by atoms with Crippen LogP contribution in [0.1, 0.15) is 43.7 Å². The zero-order valence-corrected chi connectivity index (χ0v) is 12.4. The molecular formula is C17H27NO. The Bertz CT molecular complexity index is 391. The first-order valence-corrected chi connectivity index (χ1v) is 7.60. The molecule has 1 unspecified atom stereocenters. The topological polar surface area (TPSA) is 21.3 Å². The van der Waals surface area contributed by atoms with Gasteiger partial charge in [0.15, 0.2) is 0 Å². The van der Waals surface area contributed by atoms with E-state index < -0.39 is 0 Å². The average Bonchev–Trinajstić information content (AvgIpc) is 2.45. The van der Waals surface area contributed by atoms with Crippen LogP contribution in [-0.2, 0) is 16.6 Å². The molecule has 0 saturated carbocycles. The summed E-state index contributed by atoms with van der Waals surface area (Å²) < 4.78 is 5.13. The van der Waals surface area contributed by atoms with Gasteiger partial charge in [-0.3, -0.25) is 0 Å². The van der Waals surface area contributed by atoms with Crippen molar-refractivity contribution >= 4 is 0 Å². The normalized spacial score (nSPS) is 22.2. The van der Waals surface area contributed by atoms with E-state index in [1.165, 1.54) is 32.1 Å². The Hall–Kier alpha value is -0.860. The zero-order valence-electron chi connectivity index (χ0n) is 12.4. The van der Waals surface area contributed by atoms with E-state index in [1.807, 2.05) is 0 Å². The van der Waals surface area contributed by atoms with Crippen LogP contribution < -0.4 is 5.32 Å². The molecule has 1 aliphatic rings. The van der Waals surface area contributed by atoms with Crippen molar-refractivity contribution in [1.29, 1.82) is 0 Å². The van der Waals surface area contributed by atoms with Crippen LogP contribution in [-0.4, -0.2) is 26.8 Å². The molecule has 2 nitrogen and oxygen atoms in total. The maximum absolute atomic E-state index is 5.13. The molecule has 1 atom stereocenters. The maximum Gasteiger partial charge on any atom is 0.0587 e. The van der Waals surface area contributed by atoms with Crippen LogP contribution in [0.2, 0.25) is 0 Å². The van der Waals surface area contributed by atoms with Gasteiger partial charge in [0.1, 0.15) is 0 Å². The molecule has 1 aromatic rings. The van der Waals surface area contributed by atoms with Gasteiger partial charge in [-0.15, -0.1) is 0 Å². The highest BCUT2D eigenvalue weighted by Gasteiger charge is 2.34. The second-order valence-corrected chi connectivity index (χ2v) is 5.71. The molecule has 1 aromatic carbocycles. The van der Waals surface area contributed by atoms with Crippen LogP contribution in [0.4, 0.5) is 0 Å². The van der Waals surface area contributed by atoms with E-state index in [0.29, 0.717) is 5.41 Å². The Morgan fingerprint density at radius 3 is 2.95 bits per heavy atom. The average molecular weight is 261 g/mol. The molecule has 0 aliphatic heterocycles. The molecule has 0 radical (unpaired) electrons. The number of methoxy groups -OCH3 is 1. The number of hydrogen-bond acceptors (Lipinski definition) is 2. The Morgan fingerprint density at radius 2 is 2.16 bits per heavy atom. The van der Waals surface area contributed by atoms with Gasteiger partial charge in [-0.25, -0.2) is 0 Å². The highest BCUT2D eigenvalue weighted by atomic mass is 16.5. The summed E-state index contributed by atoms with van der Waals surface area (Å²) in [5.41, 5.74) is 3.50. The smallest absolute Gasteiger partial charge is 0.0587 e. The van der Waals surface area contributed by atoms with E-state index in [1.54, 1.807) is 18.2 Å². The lowest BCUT2D eigenvalue weighted by molar-refractivity contribution is 0.194. The van der Waals surface area contributed by atoms with Gasteiger partial charge in [0.05, 0.1) is 6.61 Å². The van der Waals surface area contributed by atoms with Crippen LogP contribution >= 0.6 is 0 Å². The first-order valence-electron chi connectivity index (χ1n) is 7.60. The minimum Gasteiger partial charge on any atom is -0.383 e. The summed E-state index contributed by atoms with van der Waals surface area (Å²) in [5.74, 6) is 0. The Balaban J connectivity index is 2.15. The first kappa shape index (κ1) is 14.5. The standard InChI is InChI=1S/C17H27NO/c1-3-10-17(14-18-12-13-19-2)11-6-8-15-7-4-5-9-16(15)17/h4-5,7,9,18H,3,6,8,10-14H2,1-2H3. The molecule has 1 N–H and O–H groups in total. The first-order chi connectivity index (χ1) is 9.32. The summed E-state index contributed by atoms with van der Waals surface area (Å²) in [6.07, 6.45) is 6.42. The molecule has 0 spiro atoms. The summed E-state index contributed by atoms with van der Waals surface area (Å²) >= 11 is 0. The lowest BCUT2D eigenvalue weighted by Gasteiger charge is -2.39. The molecule has 0 amide bonds. The number of rotatable bonds is 7. The predicted octanol–water partition coefficient (Wildman–Crippen LogP) is 3.30. The lowest BCUT2D eigenvalue weighted by atomic mass is 9.67. The van der Waals surface area contributed by atoms with Gasteiger partial charge >= 0.3 is 0 Å². The van der Waals surface area contributed by atoms with Gasteiger partial charge in [0, 0.05) is 25.6 Å². The molecular weight excluding hydrogens is 234 g/mol. The van der Waals surface area contributed by atoms with Crippen molar-refractivity contribution in [3.63, 3.8) is 0 Å². The van der Waals surface area contributed by atoms with Crippen molar-refractivity contribution in [2.24, 2.45) is 0 Å². The summed E-state index contributed by atoms with van der Waals surface area (Å²) in [4.78, 5) is 0. The number of hydrogen-bond donors (Lipinski definition) is 1. The number of nitrogens with one attached hydrogen (secondary N) is 1. The third-order valence-corrected chi connectivity index (χ3v) is 4.37. The molecule has 0 saturated heterocycles. The summed E-state index contributed by atoms with van der Waals surface area (Å²) in [6, 6.07) is 9.04. The Morgan fingerprint density at radius 1 is 1.32 bits per heavy atom. The Labute approximate surface area is 117 Å². The molecule has 0 fully saturated rings. The van der Waals surface area contributed by atoms with Crippen LogP contribution in [0.3, 0.4) is 0 Å². The van der Waals surface area contributed by atoms with Crippen LogP contribution in [0, 0.1) is 0 Å². The highest BCUT2D eigenvalue weighted by Crippen LogP contribution is 2.40. The highest BCUT2D eigenvalue weighted by molar-refractivity contribution is 5.37. The van der Waals surface area contributed by atoms with Crippen molar-refractivity contribution in [2.75, 3.05) is 26.8 Å². The monoisotopic (exact) mass is 261 g/mol. The zero-order chi connectivity index (χ0) is 13.6. The van der Waals surface area contributed by atoms with E-state index >= 15 is 0 Å². The van der Waals surface area contributed by atoms with Gasteiger partial charge in [0.25, 0.3) is 0 Å². The molecule has 19 heavy (non-hydrogen) atoms. The minimum absolute atomic E-state index is 0.345. The summed E-state index contributed by atoms with van der Waals surface area (Å²) in [7, 11) is 1.76. The number of benzene rings is 1. The van der Waals surface area contributed by atoms with E-state index in [-0.39, 0.29) is 0 Å². The third-order valence-electron chi connectivity index (χ3n) is 4.37. The fourth-order valence-corrected chi connectivity index (χ4v) is 3.52. The SMILES string of the molecule is CCCC1(CNCCOC)CCCc2ccccc21. The second-order valence-electron chi connectivity index (χ2n) is 5.71. The van der Waals surface area contributed by atoms with E-state index in [0.717, 1.165) is 19.7 Å². The largest absolute Gasteiger partial charge is 0.383 e. The lowest BCUT2D eigenvalue weighted by Crippen LogP contribution is -2.41. The number of ether oxygens (including phenoxy) is 1. The fourth-order valence-electron chi connectivity index (χ4n) is 3.52. The molecule has 2 heteroatoms.